The number of rotatable bonds is 6. The average molecular weight is 404 g/mol. The monoisotopic (exact) mass is 404 g/mol. The van der Waals surface area contributed by atoms with E-state index in [0.29, 0.717) is 11.1 Å². The van der Waals surface area contributed by atoms with Crippen molar-refractivity contribution >= 4 is 27.3 Å². The maximum Gasteiger partial charge on any atom is 0.251 e. The third-order valence-corrected chi connectivity index (χ3v) is 6.33. The van der Waals surface area contributed by atoms with E-state index in [1.54, 1.807) is 12.1 Å². The third kappa shape index (κ3) is 4.41. The first-order chi connectivity index (χ1) is 12.9. The van der Waals surface area contributed by atoms with Crippen molar-refractivity contribution in [3.05, 3.63) is 87.9 Å². The molecule has 0 bridgehead atoms. The lowest BCUT2D eigenvalue weighted by molar-refractivity contribution is 0.0963. The summed E-state index contributed by atoms with van der Waals surface area (Å²) in [5.41, 5.74) is 0.995. The Morgan fingerprint density at radius 2 is 1.70 bits per heavy atom. The van der Waals surface area contributed by atoms with E-state index in [1.807, 2.05) is 17.5 Å². The molecule has 3 rings (SSSR count). The quantitative estimate of drug-likeness (QED) is 0.662. The maximum absolute atomic E-state index is 13.3. The molecule has 3 aromatic rings. The normalized spacial score (nSPS) is 12.5. The summed E-state index contributed by atoms with van der Waals surface area (Å²) in [4.78, 5) is 12.4. The van der Waals surface area contributed by atoms with Crippen LogP contribution in [0, 0.1) is 5.82 Å². The molecule has 8 heteroatoms. The Balaban J connectivity index is 1.92. The zero-order valence-corrected chi connectivity index (χ0v) is 16.0. The van der Waals surface area contributed by atoms with Crippen molar-refractivity contribution in [2.75, 3.05) is 7.05 Å². The van der Waals surface area contributed by atoms with E-state index in [0.717, 1.165) is 4.88 Å². The zero-order valence-electron chi connectivity index (χ0n) is 14.3. The third-order valence-electron chi connectivity index (χ3n) is 3.96. The van der Waals surface area contributed by atoms with Gasteiger partial charge in [0, 0.05) is 17.5 Å². The fraction of sp³-hybridized carbons (Fsp3) is 0.105. The van der Waals surface area contributed by atoms with Crippen molar-refractivity contribution in [2.24, 2.45) is 0 Å². The standard InChI is InChI=1S/C19H17FN2O3S2/c1-21-19(23)14-6-10-16(11-7-14)27(24,25)22-18(17-3-2-12-26-17)13-4-8-15(20)9-5-13/h2-12,18,22H,1H3,(H,21,23)/t18-/m0/s1. The van der Waals surface area contributed by atoms with Gasteiger partial charge < -0.3 is 5.32 Å². The highest BCUT2D eigenvalue weighted by Crippen LogP contribution is 2.28. The van der Waals surface area contributed by atoms with Crippen molar-refractivity contribution in [2.45, 2.75) is 10.9 Å². The van der Waals surface area contributed by atoms with Crippen molar-refractivity contribution in [1.29, 1.82) is 0 Å². The minimum Gasteiger partial charge on any atom is -0.355 e. The van der Waals surface area contributed by atoms with Crippen molar-refractivity contribution in [1.82, 2.24) is 10.0 Å². The van der Waals surface area contributed by atoms with Gasteiger partial charge in [-0.2, -0.15) is 4.72 Å². The van der Waals surface area contributed by atoms with Crippen LogP contribution >= 0.6 is 11.3 Å². The highest BCUT2D eigenvalue weighted by atomic mass is 32.2. The van der Waals surface area contributed by atoms with E-state index >= 15 is 0 Å². The summed E-state index contributed by atoms with van der Waals surface area (Å²) in [5.74, 6) is -0.689. The Kier molecular flexibility index (Phi) is 5.69. The van der Waals surface area contributed by atoms with Crippen LogP contribution in [0.2, 0.25) is 0 Å². The molecule has 0 aliphatic heterocycles. The molecule has 27 heavy (non-hydrogen) atoms. The summed E-state index contributed by atoms with van der Waals surface area (Å²) < 4.78 is 41.6. The van der Waals surface area contributed by atoms with E-state index in [1.165, 1.54) is 54.8 Å². The summed E-state index contributed by atoms with van der Waals surface area (Å²) >= 11 is 1.40. The fourth-order valence-electron chi connectivity index (χ4n) is 2.55. The van der Waals surface area contributed by atoms with Crippen LogP contribution in [0.5, 0.6) is 0 Å². The predicted octanol–water partition coefficient (Wildman–Crippen LogP) is 3.31. The maximum atomic E-state index is 13.3. The average Bonchev–Trinajstić information content (AvgIpc) is 3.21. The van der Waals surface area contributed by atoms with Gasteiger partial charge in [-0.05, 0) is 53.4 Å². The summed E-state index contributed by atoms with van der Waals surface area (Å²) in [5, 5.41) is 4.33. The Labute approximate surface area is 160 Å². The Bertz CT molecular complexity index is 1020. The minimum absolute atomic E-state index is 0.0406. The second kappa shape index (κ2) is 7.99. The molecule has 5 nitrogen and oxygen atoms in total. The molecule has 140 valence electrons. The molecule has 0 spiro atoms. The molecule has 1 atom stereocenters. The van der Waals surface area contributed by atoms with Gasteiger partial charge in [-0.3, -0.25) is 4.79 Å². The molecule has 1 amide bonds. The van der Waals surface area contributed by atoms with Crippen molar-refractivity contribution < 1.29 is 17.6 Å². The van der Waals surface area contributed by atoms with Crippen LogP contribution < -0.4 is 10.0 Å². The number of benzene rings is 2. The lowest BCUT2D eigenvalue weighted by atomic mass is 10.1. The van der Waals surface area contributed by atoms with E-state index in [-0.39, 0.29) is 10.8 Å². The molecule has 0 aliphatic rings. The Hall–Kier alpha value is -2.55. The molecular formula is C19H17FN2O3S2. The molecule has 0 unspecified atom stereocenters. The van der Waals surface area contributed by atoms with Gasteiger partial charge in [-0.15, -0.1) is 11.3 Å². The van der Waals surface area contributed by atoms with Gasteiger partial charge >= 0.3 is 0 Å². The highest BCUT2D eigenvalue weighted by Gasteiger charge is 2.24. The molecule has 0 fully saturated rings. The molecule has 0 aliphatic carbocycles. The van der Waals surface area contributed by atoms with E-state index in [4.69, 9.17) is 0 Å². The van der Waals surface area contributed by atoms with Gasteiger partial charge in [0.05, 0.1) is 10.9 Å². The number of hydrogen-bond acceptors (Lipinski definition) is 4. The van der Waals surface area contributed by atoms with Crippen LogP contribution in [0.15, 0.2) is 70.9 Å². The van der Waals surface area contributed by atoms with Gasteiger partial charge in [-0.25, -0.2) is 12.8 Å². The smallest absolute Gasteiger partial charge is 0.251 e. The predicted molar refractivity (Wildman–Crippen MR) is 103 cm³/mol. The number of hydrogen-bond donors (Lipinski definition) is 2. The number of halogens is 1. The van der Waals surface area contributed by atoms with Gasteiger partial charge in [-0.1, -0.05) is 18.2 Å². The number of carbonyl (C=O) groups is 1. The van der Waals surface area contributed by atoms with Crippen LogP contribution in [0.25, 0.3) is 0 Å². The minimum atomic E-state index is -3.86. The Morgan fingerprint density at radius 3 is 2.26 bits per heavy atom. The molecule has 2 aromatic carbocycles. The van der Waals surface area contributed by atoms with Crippen LogP contribution in [-0.2, 0) is 10.0 Å². The number of thiophene rings is 1. The number of carbonyl (C=O) groups excluding carboxylic acids is 1. The summed E-state index contributed by atoms with van der Waals surface area (Å²) in [7, 11) is -2.36. The van der Waals surface area contributed by atoms with E-state index < -0.39 is 21.9 Å². The van der Waals surface area contributed by atoms with Crippen molar-refractivity contribution in [3.8, 4) is 0 Å². The van der Waals surface area contributed by atoms with Gasteiger partial charge in [0.25, 0.3) is 5.91 Å². The lowest BCUT2D eigenvalue weighted by Crippen LogP contribution is -2.29. The first kappa shape index (κ1) is 19.2. The molecule has 0 saturated heterocycles. The summed E-state index contributed by atoms with van der Waals surface area (Å²) in [6, 6.07) is 14.3. The number of amides is 1. The number of sulfonamides is 1. The van der Waals surface area contributed by atoms with Gasteiger partial charge in [0.15, 0.2) is 0 Å². The van der Waals surface area contributed by atoms with Crippen LogP contribution in [0.4, 0.5) is 4.39 Å². The first-order valence-corrected chi connectivity index (χ1v) is 10.4. The molecule has 1 heterocycles. The fourth-order valence-corrected chi connectivity index (χ4v) is 4.64. The largest absolute Gasteiger partial charge is 0.355 e. The molecule has 1 aromatic heterocycles. The molecule has 0 radical (unpaired) electrons. The summed E-state index contributed by atoms with van der Waals surface area (Å²) in [6.07, 6.45) is 0. The van der Waals surface area contributed by atoms with E-state index in [2.05, 4.69) is 10.0 Å². The van der Waals surface area contributed by atoms with Crippen LogP contribution in [0.1, 0.15) is 26.8 Å². The molecule has 2 N–H and O–H groups in total. The van der Waals surface area contributed by atoms with E-state index in [9.17, 15) is 17.6 Å². The SMILES string of the molecule is CNC(=O)c1ccc(S(=O)(=O)N[C@@H](c2ccc(F)cc2)c2cccs2)cc1. The summed E-state index contributed by atoms with van der Waals surface area (Å²) in [6.45, 7) is 0. The van der Waals surface area contributed by atoms with Crippen LogP contribution in [0.3, 0.4) is 0 Å². The van der Waals surface area contributed by atoms with Crippen molar-refractivity contribution in [3.63, 3.8) is 0 Å². The number of nitrogens with one attached hydrogen (secondary N) is 2. The topological polar surface area (TPSA) is 75.3 Å². The first-order valence-electron chi connectivity index (χ1n) is 8.04. The lowest BCUT2D eigenvalue weighted by Gasteiger charge is -2.18. The molecular weight excluding hydrogens is 387 g/mol. The molecule has 0 saturated carbocycles. The van der Waals surface area contributed by atoms with Crippen LogP contribution in [-0.4, -0.2) is 21.4 Å². The van der Waals surface area contributed by atoms with Gasteiger partial charge in [0.1, 0.15) is 5.82 Å². The highest BCUT2D eigenvalue weighted by molar-refractivity contribution is 7.89. The zero-order chi connectivity index (χ0) is 19.4. The van der Waals surface area contributed by atoms with Gasteiger partial charge in [0.2, 0.25) is 10.0 Å². The second-order valence-electron chi connectivity index (χ2n) is 5.72. The second-order valence-corrected chi connectivity index (χ2v) is 8.42. The Morgan fingerprint density at radius 1 is 1.04 bits per heavy atom.